The Kier molecular flexibility index (Phi) is 3.48. The summed E-state index contributed by atoms with van der Waals surface area (Å²) in [5.41, 5.74) is 1.95. The molecule has 1 aromatic carbocycles. The molecule has 3 heterocycles. The Morgan fingerprint density at radius 3 is 2.95 bits per heavy atom. The summed E-state index contributed by atoms with van der Waals surface area (Å²) >= 11 is 1.68. The van der Waals surface area contributed by atoms with Crippen molar-refractivity contribution in [2.24, 2.45) is 5.92 Å². The van der Waals surface area contributed by atoms with Crippen LogP contribution in [0.5, 0.6) is 0 Å². The molecule has 0 spiro atoms. The number of benzene rings is 1. The number of aliphatic hydroxyl groups excluding tert-OH is 1. The lowest BCUT2D eigenvalue weighted by molar-refractivity contribution is 0.147. The van der Waals surface area contributed by atoms with Crippen LogP contribution < -0.4 is 4.90 Å². The molecule has 2 atom stereocenters. The van der Waals surface area contributed by atoms with E-state index >= 15 is 0 Å². The number of hydrogen-bond donors (Lipinski definition) is 1. The zero-order chi connectivity index (χ0) is 14.9. The second-order valence-corrected chi connectivity index (χ2v) is 6.61. The molecule has 0 radical (unpaired) electrons. The fourth-order valence-corrected chi connectivity index (χ4v) is 3.89. The van der Waals surface area contributed by atoms with E-state index in [1.165, 1.54) is 4.70 Å². The minimum Gasteiger partial charge on any atom is -0.391 e. The highest BCUT2D eigenvalue weighted by atomic mass is 32.1. The van der Waals surface area contributed by atoms with Crippen molar-refractivity contribution in [3.05, 3.63) is 48.5 Å². The Hall–Kier alpha value is -2.05. The molecule has 1 aliphatic rings. The minimum atomic E-state index is -0.353. The molecule has 0 saturated carbocycles. The predicted molar refractivity (Wildman–Crippen MR) is 87.1 cm³/mol. The normalized spacial score (nSPS) is 21.6. The summed E-state index contributed by atoms with van der Waals surface area (Å²) < 4.78 is 1.18. The van der Waals surface area contributed by atoms with E-state index in [9.17, 15) is 5.11 Å². The first-order valence-electron chi connectivity index (χ1n) is 7.33. The standard InChI is InChI=1S/C16H16N4OS/c21-14-10-20(9-11(14)7-12-8-17-5-6-18-12)16-19-13-3-1-2-4-15(13)22-16/h1-6,8,11,14,21H,7,9-10H2/t11-,14-/m1/s1. The maximum absolute atomic E-state index is 10.3. The van der Waals surface area contributed by atoms with Crippen LogP contribution in [0.2, 0.25) is 0 Å². The van der Waals surface area contributed by atoms with Crippen LogP contribution in [0.3, 0.4) is 0 Å². The first-order valence-corrected chi connectivity index (χ1v) is 8.15. The molecule has 1 aliphatic heterocycles. The van der Waals surface area contributed by atoms with Gasteiger partial charge in [0.15, 0.2) is 5.13 Å². The summed E-state index contributed by atoms with van der Waals surface area (Å²) in [6.07, 6.45) is 5.53. The van der Waals surface area contributed by atoms with Gasteiger partial charge in [-0.3, -0.25) is 9.97 Å². The summed E-state index contributed by atoms with van der Waals surface area (Å²) in [6, 6.07) is 8.14. The topological polar surface area (TPSA) is 62.1 Å². The molecule has 2 aromatic heterocycles. The highest BCUT2D eigenvalue weighted by Gasteiger charge is 2.33. The van der Waals surface area contributed by atoms with Gasteiger partial charge >= 0.3 is 0 Å². The third kappa shape index (κ3) is 2.55. The van der Waals surface area contributed by atoms with Gasteiger partial charge in [0.1, 0.15) is 0 Å². The van der Waals surface area contributed by atoms with E-state index in [-0.39, 0.29) is 12.0 Å². The predicted octanol–water partition coefficient (Wildman–Crippen LogP) is 2.13. The Morgan fingerprint density at radius 1 is 1.23 bits per heavy atom. The molecule has 22 heavy (non-hydrogen) atoms. The van der Waals surface area contributed by atoms with Crippen LogP contribution in [0.1, 0.15) is 5.69 Å². The highest BCUT2D eigenvalue weighted by Crippen LogP contribution is 2.32. The van der Waals surface area contributed by atoms with Crippen molar-refractivity contribution in [2.75, 3.05) is 18.0 Å². The van der Waals surface area contributed by atoms with Crippen molar-refractivity contribution < 1.29 is 5.11 Å². The lowest BCUT2D eigenvalue weighted by atomic mass is 10.0. The van der Waals surface area contributed by atoms with Crippen LogP contribution in [0.15, 0.2) is 42.9 Å². The molecule has 1 fully saturated rings. The first-order chi connectivity index (χ1) is 10.8. The number of fused-ring (bicyclic) bond motifs is 1. The van der Waals surface area contributed by atoms with Gasteiger partial charge in [0.05, 0.1) is 22.0 Å². The smallest absolute Gasteiger partial charge is 0.186 e. The third-order valence-corrected chi connectivity index (χ3v) is 5.14. The van der Waals surface area contributed by atoms with Gasteiger partial charge in [-0.2, -0.15) is 0 Å². The molecule has 3 aromatic rings. The third-order valence-electron chi connectivity index (χ3n) is 4.05. The molecular weight excluding hydrogens is 296 g/mol. The summed E-state index contributed by atoms with van der Waals surface area (Å²) in [4.78, 5) is 15.2. The van der Waals surface area contributed by atoms with E-state index in [0.717, 1.165) is 29.3 Å². The number of para-hydroxylation sites is 1. The Morgan fingerprint density at radius 2 is 2.14 bits per heavy atom. The Labute approximate surface area is 132 Å². The number of hydrogen-bond acceptors (Lipinski definition) is 6. The fraction of sp³-hybridized carbons (Fsp3) is 0.312. The SMILES string of the molecule is O[C@@H]1CN(c2nc3ccccc3s2)C[C@H]1Cc1cnccn1. The second kappa shape index (κ2) is 5.62. The lowest BCUT2D eigenvalue weighted by Crippen LogP contribution is -2.20. The van der Waals surface area contributed by atoms with Crippen LogP contribution in [-0.2, 0) is 6.42 Å². The molecule has 0 aliphatic carbocycles. The van der Waals surface area contributed by atoms with Gasteiger partial charge < -0.3 is 10.0 Å². The number of nitrogens with zero attached hydrogens (tertiary/aromatic N) is 4. The minimum absolute atomic E-state index is 0.170. The summed E-state index contributed by atoms with van der Waals surface area (Å²) in [5.74, 6) is 0.170. The van der Waals surface area contributed by atoms with Crippen LogP contribution in [-0.4, -0.2) is 39.3 Å². The van der Waals surface area contributed by atoms with E-state index in [4.69, 9.17) is 0 Å². The average Bonchev–Trinajstić information content (AvgIpc) is 3.12. The van der Waals surface area contributed by atoms with Crippen molar-refractivity contribution in [3.63, 3.8) is 0 Å². The monoisotopic (exact) mass is 312 g/mol. The zero-order valence-electron chi connectivity index (χ0n) is 12.0. The summed E-state index contributed by atoms with van der Waals surface area (Å²) in [7, 11) is 0. The van der Waals surface area contributed by atoms with E-state index in [1.807, 2.05) is 18.2 Å². The average molecular weight is 312 g/mol. The van der Waals surface area contributed by atoms with Gasteiger partial charge in [-0.25, -0.2) is 4.98 Å². The van der Waals surface area contributed by atoms with E-state index in [2.05, 4.69) is 25.9 Å². The fourth-order valence-electron chi connectivity index (χ4n) is 2.91. The van der Waals surface area contributed by atoms with Gasteiger partial charge in [-0.1, -0.05) is 23.5 Å². The molecule has 0 bridgehead atoms. The van der Waals surface area contributed by atoms with Crippen molar-refractivity contribution in [1.82, 2.24) is 15.0 Å². The molecular formula is C16H16N4OS. The van der Waals surface area contributed by atoms with Gasteiger partial charge in [0.2, 0.25) is 0 Å². The molecule has 5 nitrogen and oxygen atoms in total. The Bertz CT molecular complexity index is 743. The number of aromatic nitrogens is 3. The maximum atomic E-state index is 10.3. The molecule has 0 amide bonds. The quantitative estimate of drug-likeness (QED) is 0.803. The number of β-amino-alcohol motifs (C(OH)–C–C–N with tert-alkyl or cyclic N) is 1. The van der Waals surface area contributed by atoms with Gasteiger partial charge in [0.25, 0.3) is 0 Å². The Balaban J connectivity index is 1.53. The van der Waals surface area contributed by atoms with Crippen molar-refractivity contribution >= 4 is 26.7 Å². The van der Waals surface area contributed by atoms with Gasteiger partial charge in [-0.05, 0) is 18.6 Å². The van der Waals surface area contributed by atoms with E-state index < -0.39 is 0 Å². The van der Waals surface area contributed by atoms with E-state index in [1.54, 1.807) is 29.9 Å². The van der Waals surface area contributed by atoms with Crippen molar-refractivity contribution in [2.45, 2.75) is 12.5 Å². The van der Waals surface area contributed by atoms with Crippen LogP contribution in [0, 0.1) is 5.92 Å². The largest absolute Gasteiger partial charge is 0.391 e. The summed E-state index contributed by atoms with van der Waals surface area (Å²) in [5, 5.41) is 11.3. The number of rotatable bonds is 3. The van der Waals surface area contributed by atoms with E-state index in [0.29, 0.717) is 6.54 Å². The molecule has 1 N–H and O–H groups in total. The number of thiazole rings is 1. The first kappa shape index (κ1) is 13.6. The van der Waals surface area contributed by atoms with Crippen LogP contribution in [0.4, 0.5) is 5.13 Å². The molecule has 4 rings (SSSR count). The molecule has 6 heteroatoms. The van der Waals surface area contributed by atoms with Crippen molar-refractivity contribution in [3.8, 4) is 0 Å². The summed E-state index contributed by atoms with van der Waals surface area (Å²) in [6.45, 7) is 1.43. The van der Waals surface area contributed by atoms with Gasteiger partial charge in [-0.15, -0.1) is 0 Å². The highest BCUT2D eigenvalue weighted by molar-refractivity contribution is 7.22. The number of anilines is 1. The number of aliphatic hydroxyl groups is 1. The molecule has 112 valence electrons. The molecule has 0 unspecified atom stereocenters. The van der Waals surface area contributed by atoms with Crippen LogP contribution >= 0.6 is 11.3 Å². The maximum Gasteiger partial charge on any atom is 0.186 e. The van der Waals surface area contributed by atoms with Crippen molar-refractivity contribution in [1.29, 1.82) is 0 Å². The second-order valence-electron chi connectivity index (χ2n) is 5.60. The van der Waals surface area contributed by atoms with Gasteiger partial charge in [0, 0.05) is 37.6 Å². The molecule has 1 saturated heterocycles. The lowest BCUT2D eigenvalue weighted by Gasteiger charge is -2.14. The zero-order valence-corrected chi connectivity index (χ0v) is 12.8. The van der Waals surface area contributed by atoms with Crippen LogP contribution in [0.25, 0.3) is 10.2 Å².